The van der Waals surface area contributed by atoms with Crippen LogP contribution in [0.3, 0.4) is 0 Å². The Morgan fingerprint density at radius 1 is 1.14 bits per heavy atom. The third kappa shape index (κ3) is 3.01. The van der Waals surface area contributed by atoms with Crippen LogP contribution in [0.25, 0.3) is 10.8 Å². The first kappa shape index (κ1) is 19.2. The molecule has 2 aromatic carbocycles. The Morgan fingerprint density at radius 3 is 2.52 bits per heavy atom. The molecular weight excluding hydrogens is 360 g/mol. The van der Waals surface area contributed by atoms with Gasteiger partial charge >= 0.3 is 0 Å². The van der Waals surface area contributed by atoms with Crippen LogP contribution in [0, 0.1) is 16.7 Å². The summed E-state index contributed by atoms with van der Waals surface area (Å²) in [5.41, 5.74) is 9.40. The van der Waals surface area contributed by atoms with Gasteiger partial charge in [0, 0.05) is 31.8 Å². The molecule has 0 unspecified atom stereocenters. The predicted molar refractivity (Wildman–Crippen MR) is 114 cm³/mol. The third-order valence-corrected chi connectivity index (χ3v) is 5.89. The van der Waals surface area contributed by atoms with Crippen LogP contribution in [0.5, 0.6) is 0 Å². The number of hydrogen-bond acceptors (Lipinski definition) is 5. The number of nitriles is 1. The van der Waals surface area contributed by atoms with Crippen molar-refractivity contribution >= 4 is 16.6 Å². The van der Waals surface area contributed by atoms with Gasteiger partial charge in [0.2, 0.25) is 0 Å². The minimum Gasteiger partial charge on any atom is -0.383 e. The van der Waals surface area contributed by atoms with Crippen LogP contribution in [0.2, 0.25) is 0 Å². The highest BCUT2D eigenvalue weighted by Gasteiger charge is 2.45. The molecular formula is C24H26N4O. The SMILES string of the molecule is CN(C)N1C(N)=C(C#N)[C@H](c2cccc3ccccc23)C2=C1CC(C)(C)CC2=O. The van der Waals surface area contributed by atoms with Gasteiger partial charge in [-0.1, -0.05) is 56.3 Å². The van der Waals surface area contributed by atoms with Gasteiger partial charge in [0.15, 0.2) is 5.78 Å². The topological polar surface area (TPSA) is 73.4 Å². The van der Waals surface area contributed by atoms with Crippen molar-refractivity contribution in [2.75, 3.05) is 14.1 Å². The lowest BCUT2D eigenvalue weighted by molar-refractivity contribution is -0.119. The molecule has 29 heavy (non-hydrogen) atoms. The number of hydrogen-bond donors (Lipinski definition) is 1. The first-order valence-corrected chi connectivity index (χ1v) is 9.86. The molecule has 4 rings (SSSR count). The molecule has 5 nitrogen and oxygen atoms in total. The standard InChI is InChI=1S/C24H26N4O/c1-24(2)12-19-22(20(29)13-24)21(18(14-25)23(26)28(19)27(3)4)17-11-7-9-15-8-5-6-10-16(15)17/h5-11,21H,12-13,26H2,1-4H3/t21-/m0/s1. The fourth-order valence-electron chi connectivity index (χ4n) is 4.76. The Bertz CT molecular complexity index is 1110. The Kier molecular flexibility index (Phi) is 4.48. The molecule has 2 aromatic rings. The van der Waals surface area contributed by atoms with Crippen molar-refractivity contribution in [1.29, 1.82) is 5.26 Å². The fourth-order valence-corrected chi connectivity index (χ4v) is 4.76. The molecule has 0 fully saturated rings. The molecule has 0 saturated heterocycles. The van der Waals surface area contributed by atoms with Gasteiger partial charge in [-0.15, -0.1) is 0 Å². The van der Waals surface area contributed by atoms with Gasteiger partial charge < -0.3 is 5.73 Å². The summed E-state index contributed by atoms with van der Waals surface area (Å²) in [5, 5.41) is 15.9. The van der Waals surface area contributed by atoms with E-state index in [1.54, 1.807) is 0 Å². The minimum atomic E-state index is -0.444. The maximum absolute atomic E-state index is 13.4. The van der Waals surface area contributed by atoms with E-state index in [4.69, 9.17) is 5.73 Å². The second kappa shape index (κ2) is 6.75. The van der Waals surface area contributed by atoms with E-state index in [2.05, 4.69) is 19.9 Å². The second-order valence-electron chi connectivity index (χ2n) is 8.87. The summed E-state index contributed by atoms with van der Waals surface area (Å²) in [6.07, 6.45) is 1.19. The molecule has 1 atom stereocenters. The lowest BCUT2D eigenvalue weighted by atomic mass is 9.68. The molecule has 2 aliphatic rings. The van der Waals surface area contributed by atoms with E-state index in [0.717, 1.165) is 28.5 Å². The number of Topliss-reactive ketones (excluding diaryl/α,β-unsaturated/α-hetero) is 1. The van der Waals surface area contributed by atoms with Gasteiger partial charge in [0.1, 0.15) is 5.82 Å². The zero-order chi connectivity index (χ0) is 20.9. The van der Waals surface area contributed by atoms with Gasteiger partial charge in [-0.3, -0.25) is 9.80 Å². The number of benzene rings is 2. The van der Waals surface area contributed by atoms with Crippen LogP contribution < -0.4 is 5.73 Å². The number of carbonyl (C=O) groups is 1. The fraction of sp³-hybridized carbons (Fsp3) is 0.333. The zero-order valence-electron chi connectivity index (χ0n) is 17.4. The van der Waals surface area contributed by atoms with Crippen molar-refractivity contribution in [2.45, 2.75) is 32.6 Å². The van der Waals surface area contributed by atoms with Gasteiger partial charge in [-0.05, 0) is 28.2 Å². The molecule has 0 radical (unpaired) electrons. The minimum absolute atomic E-state index is 0.0984. The maximum Gasteiger partial charge on any atom is 0.162 e. The van der Waals surface area contributed by atoms with Crippen LogP contribution in [-0.4, -0.2) is 29.9 Å². The normalized spacial score (nSPS) is 21.6. The molecule has 1 heterocycles. The molecule has 0 bridgehead atoms. The zero-order valence-corrected chi connectivity index (χ0v) is 17.4. The molecule has 0 aromatic heterocycles. The van der Waals surface area contributed by atoms with Crippen molar-refractivity contribution < 1.29 is 4.79 Å². The van der Waals surface area contributed by atoms with E-state index < -0.39 is 5.92 Å². The molecule has 148 valence electrons. The molecule has 0 saturated carbocycles. The molecule has 5 heteroatoms. The van der Waals surface area contributed by atoms with E-state index in [0.29, 0.717) is 23.4 Å². The van der Waals surface area contributed by atoms with E-state index in [9.17, 15) is 10.1 Å². The number of nitrogens with two attached hydrogens (primary N) is 1. The Labute approximate surface area is 171 Å². The first-order chi connectivity index (χ1) is 13.7. The van der Waals surface area contributed by atoms with E-state index in [1.165, 1.54) is 0 Å². The lowest BCUT2D eigenvalue weighted by Gasteiger charge is -2.45. The molecule has 1 aliphatic carbocycles. The number of fused-ring (bicyclic) bond motifs is 1. The maximum atomic E-state index is 13.4. The number of carbonyl (C=O) groups excluding carboxylic acids is 1. The highest BCUT2D eigenvalue weighted by molar-refractivity contribution is 6.01. The highest BCUT2D eigenvalue weighted by Crippen LogP contribution is 2.50. The monoisotopic (exact) mass is 386 g/mol. The van der Waals surface area contributed by atoms with Crippen LogP contribution in [0.15, 0.2) is 65.1 Å². The van der Waals surface area contributed by atoms with Crippen molar-refractivity contribution in [1.82, 2.24) is 10.0 Å². The summed E-state index contributed by atoms with van der Waals surface area (Å²) in [6, 6.07) is 16.5. The summed E-state index contributed by atoms with van der Waals surface area (Å²) in [7, 11) is 3.77. The third-order valence-electron chi connectivity index (χ3n) is 5.89. The predicted octanol–water partition coefficient (Wildman–Crippen LogP) is 4.05. The van der Waals surface area contributed by atoms with E-state index >= 15 is 0 Å². The number of hydrazine groups is 1. The average molecular weight is 386 g/mol. The number of ketones is 1. The van der Waals surface area contributed by atoms with E-state index in [1.807, 2.05) is 66.6 Å². The summed E-state index contributed by atoms with van der Waals surface area (Å²) in [5.74, 6) is 0.0573. The number of rotatable bonds is 2. The van der Waals surface area contributed by atoms with Gasteiger partial charge in [-0.2, -0.15) is 5.26 Å². The van der Waals surface area contributed by atoms with Gasteiger partial charge in [-0.25, -0.2) is 5.01 Å². The Balaban J connectivity index is 2.05. The van der Waals surface area contributed by atoms with E-state index in [-0.39, 0.29) is 11.2 Å². The largest absolute Gasteiger partial charge is 0.383 e. The lowest BCUT2D eigenvalue weighted by Crippen LogP contribution is -2.47. The summed E-state index contributed by atoms with van der Waals surface area (Å²) in [4.78, 5) is 13.4. The summed E-state index contributed by atoms with van der Waals surface area (Å²) < 4.78 is 0. The first-order valence-electron chi connectivity index (χ1n) is 9.86. The van der Waals surface area contributed by atoms with Crippen LogP contribution >= 0.6 is 0 Å². The molecule has 0 spiro atoms. The molecule has 1 aliphatic heterocycles. The second-order valence-corrected chi connectivity index (χ2v) is 8.87. The van der Waals surface area contributed by atoms with Crippen molar-refractivity contribution in [2.24, 2.45) is 11.1 Å². The van der Waals surface area contributed by atoms with Crippen LogP contribution in [0.1, 0.15) is 38.2 Å². The van der Waals surface area contributed by atoms with Crippen LogP contribution in [-0.2, 0) is 4.79 Å². The van der Waals surface area contributed by atoms with Crippen LogP contribution in [0.4, 0.5) is 0 Å². The smallest absolute Gasteiger partial charge is 0.162 e. The summed E-state index contributed by atoms with van der Waals surface area (Å²) >= 11 is 0. The Morgan fingerprint density at radius 2 is 1.83 bits per heavy atom. The summed E-state index contributed by atoms with van der Waals surface area (Å²) in [6.45, 7) is 4.21. The molecule has 2 N–H and O–H groups in total. The van der Waals surface area contributed by atoms with Crippen molar-refractivity contribution in [3.8, 4) is 6.07 Å². The number of nitrogens with zero attached hydrogens (tertiary/aromatic N) is 3. The number of allylic oxidation sites excluding steroid dienone is 3. The average Bonchev–Trinajstić information content (AvgIpc) is 2.65. The van der Waals surface area contributed by atoms with Crippen molar-refractivity contribution in [3.05, 3.63) is 70.7 Å². The van der Waals surface area contributed by atoms with Gasteiger partial charge in [0.05, 0.1) is 17.6 Å². The van der Waals surface area contributed by atoms with Crippen molar-refractivity contribution in [3.63, 3.8) is 0 Å². The quantitative estimate of drug-likeness (QED) is 0.843. The highest BCUT2D eigenvalue weighted by atomic mass is 16.1. The molecule has 0 amide bonds. The van der Waals surface area contributed by atoms with Gasteiger partial charge in [0.25, 0.3) is 0 Å². The Hall–Kier alpha value is -3.10.